The number of halogens is 1. The predicted octanol–water partition coefficient (Wildman–Crippen LogP) is -1.67. The molecule has 92 valence electrons. The van der Waals surface area contributed by atoms with E-state index in [2.05, 4.69) is 0 Å². The van der Waals surface area contributed by atoms with Gasteiger partial charge in [-0.2, -0.15) is 8.42 Å². The highest BCUT2D eigenvalue weighted by atomic mass is 32.3. The molecule has 1 aliphatic rings. The normalized spacial score (nSPS) is 23.5. The topological polar surface area (TPSA) is 112 Å². The van der Waals surface area contributed by atoms with Crippen molar-refractivity contribution in [2.45, 2.75) is 17.8 Å². The third-order valence-electron chi connectivity index (χ3n) is 2.26. The zero-order valence-corrected chi connectivity index (χ0v) is 8.85. The van der Waals surface area contributed by atoms with Crippen LogP contribution < -0.4 is 0 Å². The third kappa shape index (κ3) is 2.89. The number of hydrogen-bond acceptors (Lipinski definition) is 5. The lowest BCUT2D eigenvalue weighted by Gasteiger charge is -2.17. The lowest BCUT2D eigenvalue weighted by atomic mass is 10.3. The Morgan fingerprint density at radius 1 is 1.62 bits per heavy atom. The van der Waals surface area contributed by atoms with Gasteiger partial charge in [-0.3, -0.25) is 4.79 Å². The number of aliphatic hydroxyl groups is 1. The molecule has 0 spiro atoms. The van der Waals surface area contributed by atoms with E-state index in [1.54, 1.807) is 0 Å². The second-order valence-corrected chi connectivity index (χ2v) is 5.07. The number of aliphatic hydroxyl groups excluding tert-OH is 1. The SMILES string of the molecule is O=C(O)[C@@H](O)CN1CC(S(=O)(=O)F)CC1=O. The number of rotatable bonds is 4. The van der Waals surface area contributed by atoms with Crippen molar-refractivity contribution in [3.05, 3.63) is 0 Å². The van der Waals surface area contributed by atoms with Crippen LogP contribution >= 0.6 is 0 Å². The van der Waals surface area contributed by atoms with E-state index >= 15 is 0 Å². The maximum Gasteiger partial charge on any atom is 0.334 e. The second kappa shape index (κ2) is 4.34. The molecule has 16 heavy (non-hydrogen) atoms. The smallest absolute Gasteiger partial charge is 0.334 e. The van der Waals surface area contributed by atoms with Crippen molar-refractivity contribution in [2.24, 2.45) is 0 Å². The molecular formula is C7H10FNO6S. The number of β-amino-alcohol motifs (C(OH)–C–C–N with tert-alkyl or cyclic N) is 1. The van der Waals surface area contributed by atoms with Crippen LogP contribution in [0.5, 0.6) is 0 Å². The molecule has 1 fully saturated rings. The highest BCUT2D eigenvalue weighted by Crippen LogP contribution is 2.19. The van der Waals surface area contributed by atoms with E-state index in [1.807, 2.05) is 0 Å². The van der Waals surface area contributed by atoms with Crippen molar-refractivity contribution in [3.63, 3.8) is 0 Å². The predicted molar refractivity (Wildman–Crippen MR) is 48.7 cm³/mol. The average molecular weight is 255 g/mol. The minimum atomic E-state index is -4.82. The zero-order valence-electron chi connectivity index (χ0n) is 8.04. The van der Waals surface area contributed by atoms with Gasteiger partial charge in [0.05, 0.1) is 6.54 Å². The summed E-state index contributed by atoms with van der Waals surface area (Å²) in [5.41, 5.74) is 0. The molecule has 2 N–H and O–H groups in total. The first-order chi connectivity index (χ1) is 7.21. The number of nitrogens with zero attached hydrogens (tertiary/aromatic N) is 1. The molecule has 0 aromatic heterocycles. The van der Waals surface area contributed by atoms with E-state index in [4.69, 9.17) is 10.2 Å². The quantitative estimate of drug-likeness (QED) is 0.581. The van der Waals surface area contributed by atoms with Gasteiger partial charge in [-0.05, 0) is 0 Å². The summed E-state index contributed by atoms with van der Waals surface area (Å²) in [6.07, 6.45) is -2.32. The van der Waals surface area contributed by atoms with Crippen LogP contribution in [0.2, 0.25) is 0 Å². The van der Waals surface area contributed by atoms with Crippen molar-refractivity contribution in [1.82, 2.24) is 4.90 Å². The monoisotopic (exact) mass is 255 g/mol. The molecule has 1 amide bonds. The van der Waals surface area contributed by atoms with E-state index in [-0.39, 0.29) is 0 Å². The van der Waals surface area contributed by atoms with Crippen molar-refractivity contribution < 1.29 is 32.1 Å². The van der Waals surface area contributed by atoms with E-state index in [0.717, 1.165) is 4.90 Å². The first-order valence-corrected chi connectivity index (χ1v) is 5.78. The lowest BCUT2D eigenvalue weighted by Crippen LogP contribution is -2.38. The van der Waals surface area contributed by atoms with Crippen LogP contribution in [0.4, 0.5) is 3.89 Å². The summed E-state index contributed by atoms with van der Waals surface area (Å²) < 4.78 is 33.6. The number of carbonyl (C=O) groups is 2. The number of hydrogen-bond donors (Lipinski definition) is 2. The molecule has 0 aromatic carbocycles. The van der Waals surface area contributed by atoms with Crippen LogP contribution in [0.25, 0.3) is 0 Å². The molecule has 0 aromatic rings. The van der Waals surface area contributed by atoms with Crippen LogP contribution in [0.1, 0.15) is 6.42 Å². The Kier molecular flexibility index (Phi) is 3.48. The molecule has 1 saturated heterocycles. The Morgan fingerprint density at radius 3 is 2.56 bits per heavy atom. The molecule has 1 rings (SSSR count). The summed E-state index contributed by atoms with van der Waals surface area (Å²) in [5.74, 6) is -2.22. The fraction of sp³-hybridized carbons (Fsp3) is 0.714. The molecular weight excluding hydrogens is 245 g/mol. The van der Waals surface area contributed by atoms with Gasteiger partial charge < -0.3 is 15.1 Å². The van der Waals surface area contributed by atoms with Gasteiger partial charge in [-0.15, -0.1) is 3.89 Å². The standard InChI is InChI=1S/C7H10FNO6S/c8-16(14,15)4-1-6(11)9(2-4)3-5(10)7(12)13/h4-5,10H,1-3H2,(H,12,13)/t4?,5-/m0/s1. The minimum Gasteiger partial charge on any atom is -0.479 e. The summed E-state index contributed by atoms with van der Waals surface area (Å²) in [7, 11) is -4.82. The van der Waals surface area contributed by atoms with E-state index in [9.17, 15) is 21.9 Å². The van der Waals surface area contributed by atoms with E-state index in [1.165, 1.54) is 0 Å². The molecule has 0 bridgehead atoms. The Morgan fingerprint density at radius 2 is 2.19 bits per heavy atom. The van der Waals surface area contributed by atoms with Crippen LogP contribution in [-0.2, 0) is 19.8 Å². The molecule has 1 heterocycles. The Bertz CT molecular complexity index is 407. The van der Waals surface area contributed by atoms with Gasteiger partial charge in [-0.25, -0.2) is 4.79 Å². The molecule has 0 radical (unpaired) electrons. The molecule has 0 aliphatic carbocycles. The fourth-order valence-electron chi connectivity index (χ4n) is 1.39. The molecule has 0 saturated carbocycles. The third-order valence-corrected chi connectivity index (χ3v) is 3.37. The molecule has 1 unspecified atom stereocenters. The zero-order chi connectivity index (χ0) is 12.5. The van der Waals surface area contributed by atoms with E-state index in [0.29, 0.717) is 0 Å². The van der Waals surface area contributed by atoms with Crippen LogP contribution in [-0.4, -0.2) is 59.9 Å². The summed E-state index contributed by atoms with van der Waals surface area (Å²) >= 11 is 0. The van der Waals surface area contributed by atoms with Gasteiger partial charge in [0.15, 0.2) is 6.10 Å². The van der Waals surface area contributed by atoms with Crippen LogP contribution in [0, 0.1) is 0 Å². The van der Waals surface area contributed by atoms with Gasteiger partial charge in [0.2, 0.25) is 5.91 Å². The lowest BCUT2D eigenvalue weighted by molar-refractivity contribution is -0.148. The van der Waals surface area contributed by atoms with E-state index < -0.39 is 53.0 Å². The first kappa shape index (κ1) is 12.8. The maximum atomic E-state index is 12.6. The van der Waals surface area contributed by atoms with Gasteiger partial charge in [0.1, 0.15) is 5.25 Å². The Hall–Kier alpha value is -1.22. The number of carboxylic acids is 1. The second-order valence-electron chi connectivity index (χ2n) is 3.45. The molecule has 7 nitrogen and oxygen atoms in total. The fourth-order valence-corrected chi connectivity index (χ4v) is 2.09. The van der Waals surface area contributed by atoms with Gasteiger partial charge >= 0.3 is 16.2 Å². The Labute approximate surface area is 90.7 Å². The molecule has 9 heteroatoms. The highest BCUT2D eigenvalue weighted by Gasteiger charge is 2.39. The number of carbonyl (C=O) groups excluding carboxylic acids is 1. The van der Waals surface area contributed by atoms with Crippen molar-refractivity contribution in [1.29, 1.82) is 0 Å². The number of amides is 1. The van der Waals surface area contributed by atoms with Crippen molar-refractivity contribution >= 4 is 22.1 Å². The summed E-state index contributed by atoms with van der Waals surface area (Å²) in [6, 6.07) is 0. The molecule has 1 aliphatic heterocycles. The van der Waals surface area contributed by atoms with Crippen molar-refractivity contribution in [2.75, 3.05) is 13.1 Å². The van der Waals surface area contributed by atoms with Crippen LogP contribution in [0.15, 0.2) is 0 Å². The largest absolute Gasteiger partial charge is 0.479 e. The maximum absolute atomic E-state index is 12.6. The van der Waals surface area contributed by atoms with Gasteiger partial charge in [0, 0.05) is 13.0 Å². The number of likely N-dealkylation sites (tertiary alicyclic amines) is 1. The molecule has 2 atom stereocenters. The average Bonchev–Trinajstić information content (AvgIpc) is 2.47. The van der Waals surface area contributed by atoms with Gasteiger partial charge in [-0.1, -0.05) is 0 Å². The first-order valence-electron chi connectivity index (χ1n) is 4.34. The van der Waals surface area contributed by atoms with Crippen molar-refractivity contribution in [3.8, 4) is 0 Å². The minimum absolute atomic E-state index is 0.429. The van der Waals surface area contributed by atoms with Gasteiger partial charge in [0.25, 0.3) is 0 Å². The summed E-state index contributed by atoms with van der Waals surface area (Å²) in [5, 5.41) is 15.9. The summed E-state index contributed by atoms with van der Waals surface area (Å²) in [4.78, 5) is 22.3. The number of aliphatic carboxylic acids is 1. The summed E-state index contributed by atoms with van der Waals surface area (Å²) in [6.45, 7) is -0.970. The van der Waals surface area contributed by atoms with Crippen LogP contribution in [0.3, 0.4) is 0 Å². The Balaban J connectivity index is 2.66. The highest BCUT2D eigenvalue weighted by molar-refractivity contribution is 7.87. The number of carboxylic acid groups (broad SMARTS) is 1.